The molecule has 0 radical (unpaired) electrons. The third kappa shape index (κ3) is 3.10. The van der Waals surface area contributed by atoms with E-state index in [9.17, 15) is 8.42 Å². The molecular formula is C14H11ClN2O2S. The molecule has 0 unspecified atom stereocenters. The Morgan fingerprint density at radius 1 is 1.20 bits per heavy atom. The Kier molecular flexibility index (Phi) is 3.98. The van der Waals surface area contributed by atoms with Crippen LogP contribution in [0, 0.1) is 18.3 Å². The molecule has 2 aromatic carbocycles. The average molecular weight is 307 g/mol. The molecule has 2 aromatic rings. The first-order valence-corrected chi connectivity index (χ1v) is 7.57. The molecule has 20 heavy (non-hydrogen) atoms. The molecule has 1 N–H and O–H groups in total. The normalized spacial score (nSPS) is 10.8. The van der Waals surface area contributed by atoms with E-state index in [2.05, 4.69) is 4.72 Å². The Bertz CT molecular complexity index is 795. The van der Waals surface area contributed by atoms with Crippen LogP contribution in [0.25, 0.3) is 0 Å². The molecule has 0 spiro atoms. The van der Waals surface area contributed by atoms with Gasteiger partial charge in [-0.2, -0.15) is 5.26 Å². The fourth-order valence-corrected chi connectivity index (χ4v) is 3.03. The van der Waals surface area contributed by atoms with Gasteiger partial charge < -0.3 is 0 Å². The standard InChI is InChI=1S/C14H11ClN2O2S/c1-10-3-2-4-13(7-10)20(18,19)17-14-8-12(15)6-5-11(14)9-16/h2-8,17H,1H3. The topological polar surface area (TPSA) is 70.0 Å². The van der Waals surface area contributed by atoms with Crippen molar-refractivity contribution < 1.29 is 8.42 Å². The molecule has 102 valence electrons. The lowest BCUT2D eigenvalue weighted by atomic mass is 10.2. The van der Waals surface area contributed by atoms with E-state index in [1.165, 1.54) is 24.3 Å². The minimum atomic E-state index is -3.74. The lowest BCUT2D eigenvalue weighted by Crippen LogP contribution is -2.14. The van der Waals surface area contributed by atoms with Gasteiger partial charge in [-0.05, 0) is 42.8 Å². The van der Waals surface area contributed by atoms with Crippen LogP contribution in [0.3, 0.4) is 0 Å². The SMILES string of the molecule is Cc1cccc(S(=O)(=O)Nc2cc(Cl)ccc2C#N)c1. The Morgan fingerprint density at radius 3 is 2.60 bits per heavy atom. The minimum absolute atomic E-state index is 0.140. The number of benzene rings is 2. The van der Waals surface area contributed by atoms with E-state index in [0.717, 1.165) is 5.56 Å². The van der Waals surface area contributed by atoms with Gasteiger partial charge in [-0.1, -0.05) is 23.7 Å². The molecule has 0 saturated carbocycles. The number of anilines is 1. The lowest BCUT2D eigenvalue weighted by Gasteiger charge is -2.10. The van der Waals surface area contributed by atoms with E-state index < -0.39 is 10.0 Å². The number of halogens is 1. The molecule has 2 rings (SSSR count). The molecule has 0 saturated heterocycles. The molecule has 0 aliphatic heterocycles. The smallest absolute Gasteiger partial charge is 0.261 e. The molecule has 4 nitrogen and oxygen atoms in total. The first-order chi connectivity index (χ1) is 9.42. The third-order valence-electron chi connectivity index (χ3n) is 2.65. The number of sulfonamides is 1. The highest BCUT2D eigenvalue weighted by Gasteiger charge is 2.16. The summed E-state index contributed by atoms with van der Waals surface area (Å²) < 4.78 is 26.9. The molecule has 0 heterocycles. The van der Waals surface area contributed by atoms with Crippen LogP contribution in [0.1, 0.15) is 11.1 Å². The summed E-state index contributed by atoms with van der Waals surface area (Å²) in [7, 11) is -3.74. The summed E-state index contributed by atoms with van der Waals surface area (Å²) in [6.45, 7) is 1.80. The fraction of sp³-hybridized carbons (Fsp3) is 0.0714. The van der Waals surface area contributed by atoms with Gasteiger partial charge in [-0.3, -0.25) is 4.72 Å². The summed E-state index contributed by atoms with van der Waals surface area (Å²) in [6, 6.07) is 12.8. The summed E-state index contributed by atoms with van der Waals surface area (Å²) in [6.07, 6.45) is 0. The quantitative estimate of drug-likeness (QED) is 0.945. The summed E-state index contributed by atoms with van der Waals surface area (Å²) in [5.41, 5.74) is 1.21. The second-order valence-electron chi connectivity index (χ2n) is 4.22. The predicted octanol–water partition coefficient (Wildman–Crippen LogP) is 3.32. The molecule has 0 aliphatic rings. The van der Waals surface area contributed by atoms with Crippen molar-refractivity contribution in [1.82, 2.24) is 0 Å². The average Bonchev–Trinajstić information content (AvgIpc) is 2.38. The molecule has 0 aliphatic carbocycles. The molecule has 0 atom stereocenters. The maximum atomic E-state index is 12.3. The highest BCUT2D eigenvalue weighted by Crippen LogP contribution is 2.23. The second kappa shape index (κ2) is 5.53. The lowest BCUT2D eigenvalue weighted by molar-refractivity contribution is 0.601. The number of aryl methyl sites for hydroxylation is 1. The van der Waals surface area contributed by atoms with Crippen LogP contribution in [0.2, 0.25) is 5.02 Å². The number of rotatable bonds is 3. The van der Waals surface area contributed by atoms with Gasteiger partial charge in [0, 0.05) is 5.02 Å². The van der Waals surface area contributed by atoms with Crippen molar-refractivity contribution in [3.05, 3.63) is 58.6 Å². The first kappa shape index (κ1) is 14.4. The Hall–Kier alpha value is -2.03. The van der Waals surface area contributed by atoms with Crippen molar-refractivity contribution in [2.75, 3.05) is 4.72 Å². The van der Waals surface area contributed by atoms with Gasteiger partial charge in [0.05, 0.1) is 16.1 Å². The minimum Gasteiger partial charge on any atom is -0.278 e. The molecule has 0 aromatic heterocycles. The monoisotopic (exact) mass is 306 g/mol. The number of hydrogen-bond donors (Lipinski definition) is 1. The summed E-state index contributed by atoms with van der Waals surface area (Å²) in [4.78, 5) is 0.140. The maximum absolute atomic E-state index is 12.3. The van der Waals surface area contributed by atoms with E-state index in [1.807, 2.05) is 6.07 Å². The van der Waals surface area contributed by atoms with Crippen molar-refractivity contribution in [1.29, 1.82) is 5.26 Å². The van der Waals surface area contributed by atoms with Gasteiger partial charge in [0.2, 0.25) is 0 Å². The van der Waals surface area contributed by atoms with E-state index in [-0.39, 0.29) is 16.1 Å². The van der Waals surface area contributed by atoms with E-state index in [4.69, 9.17) is 16.9 Å². The molecule has 0 fully saturated rings. The second-order valence-corrected chi connectivity index (χ2v) is 6.34. The summed E-state index contributed by atoms with van der Waals surface area (Å²) in [5, 5.41) is 9.35. The van der Waals surface area contributed by atoms with Gasteiger partial charge in [0.1, 0.15) is 6.07 Å². The van der Waals surface area contributed by atoms with Crippen LogP contribution in [-0.2, 0) is 10.0 Å². The largest absolute Gasteiger partial charge is 0.278 e. The highest BCUT2D eigenvalue weighted by atomic mass is 35.5. The summed E-state index contributed by atoms with van der Waals surface area (Å²) in [5.74, 6) is 0. The van der Waals surface area contributed by atoms with Gasteiger partial charge >= 0.3 is 0 Å². The van der Waals surface area contributed by atoms with Crippen LogP contribution < -0.4 is 4.72 Å². The molecule has 6 heteroatoms. The predicted molar refractivity (Wildman–Crippen MR) is 78.2 cm³/mol. The van der Waals surface area contributed by atoms with Crippen molar-refractivity contribution in [3.8, 4) is 6.07 Å². The zero-order chi connectivity index (χ0) is 14.8. The van der Waals surface area contributed by atoms with Crippen LogP contribution in [-0.4, -0.2) is 8.42 Å². The van der Waals surface area contributed by atoms with E-state index in [0.29, 0.717) is 5.02 Å². The Morgan fingerprint density at radius 2 is 1.95 bits per heavy atom. The number of hydrogen-bond acceptors (Lipinski definition) is 3. The summed E-state index contributed by atoms with van der Waals surface area (Å²) >= 11 is 5.83. The van der Waals surface area contributed by atoms with Gasteiger partial charge in [-0.15, -0.1) is 0 Å². The Balaban J connectivity index is 2.44. The van der Waals surface area contributed by atoms with Gasteiger partial charge in [0.15, 0.2) is 0 Å². The Labute approximate surface area is 122 Å². The number of nitriles is 1. The molecule has 0 bridgehead atoms. The van der Waals surface area contributed by atoms with E-state index in [1.54, 1.807) is 25.1 Å². The van der Waals surface area contributed by atoms with Gasteiger partial charge in [0.25, 0.3) is 10.0 Å². The maximum Gasteiger partial charge on any atom is 0.261 e. The van der Waals surface area contributed by atoms with Crippen molar-refractivity contribution in [2.45, 2.75) is 11.8 Å². The third-order valence-corrected chi connectivity index (χ3v) is 4.24. The van der Waals surface area contributed by atoms with Crippen molar-refractivity contribution >= 4 is 27.3 Å². The van der Waals surface area contributed by atoms with Crippen molar-refractivity contribution in [3.63, 3.8) is 0 Å². The van der Waals surface area contributed by atoms with Gasteiger partial charge in [-0.25, -0.2) is 8.42 Å². The zero-order valence-corrected chi connectivity index (χ0v) is 12.2. The van der Waals surface area contributed by atoms with Crippen LogP contribution in [0.15, 0.2) is 47.4 Å². The molecular weight excluding hydrogens is 296 g/mol. The highest BCUT2D eigenvalue weighted by molar-refractivity contribution is 7.92. The number of nitrogens with zero attached hydrogens (tertiary/aromatic N) is 1. The van der Waals surface area contributed by atoms with Crippen molar-refractivity contribution in [2.24, 2.45) is 0 Å². The molecule has 0 amide bonds. The van der Waals surface area contributed by atoms with Crippen LogP contribution >= 0.6 is 11.6 Å². The number of nitrogens with one attached hydrogen (secondary N) is 1. The van der Waals surface area contributed by atoms with Crippen LogP contribution in [0.4, 0.5) is 5.69 Å². The van der Waals surface area contributed by atoms with E-state index >= 15 is 0 Å². The zero-order valence-electron chi connectivity index (χ0n) is 10.6. The first-order valence-electron chi connectivity index (χ1n) is 5.71. The van der Waals surface area contributed by atoms with Crippen LogP contribution in [0.5, 0.6) is 0 Å². The fourth-order valence-electron chi connectivity index (χ4n) is 1.68.